The van der Waals surface area contributed by atoms with Crippen LogP contribution in [0.25, 0.3) is 10.9 Å². The number of halogens is 1. The van der Waals surface area contributed by atoms with E-state index in [1.807, 2.05) is 77.5 Å². The minimum Gasteiger partial charge on any atom is -0.339 e. The van der Waals surface area contributed by atoms with Crippen molar-refractivity contribution in [1.29, 1.82) is 0 Å². The van der Waals surface area contributed by atoms with E-state index in [-0.39, 0.29) is 23.9 Å². The molecule has 2 aliphatic heterocycles. The van der Waals surface area contributed by atoms with E-state index >= 15 is 0 Å². The second-order valence-corrected chi connectivity index (χ2v) is 11.1. The molecule has 1 fully saturated rings. The van der Waals surface area contributed by atoms with Crippen LogP contribution in [-0.4, -0.2) is 63.3 Å². The van der Waals surface area contributed by atoms with Crippen molar-refractivity contribution in [1.82, 2.24) is 19.3 Å². The summed E-state index contributed by atoms with van der Waals surface area (Å²) in [5.41, 5.74) is 5.36. The van der Waals surface area contributed by atoms with Gasteiger partial charge >= 0.3 is 0 Å². The van der Waals surface area contributed by atoms with E-state index in [1.165, 1.54) is 11.1 Å². The van der Waals surface area contributed by atoms with Crippen molar-refractivity contribution in [3.05, 3.63) is 106 Å². The number of piperazine rings is 1. The summed E-state index contributed by atoms with van der Waals surface area (Å²) >= 11 is 6.11. The number of aromatic nitrogens is 1. The van der Waals surface area contributed by atoms with Crippen LogP contribution in [0.3, 0.4) is 0 Å². The van der Waals surface area contributed by atoms with Gasteiger partial charge in [-0.2, -0.15) is 0 Å². The number of fused-ring (bicyclic) bond motifs is 2. The molecule has 6 nitrogen and oxygen atoms in total. The molecule has 2 aliphatic rings. The number of carbonyl (C=O) groups is 2. The predicted molar refractivity (Wildman–Crippen MR) is 155 cm³/mol. The van der Waals surface area contributed by atoms with Crippen LogP contribution in [0.1, 0.15) is 46.9 Å². The zero-order valence-electron chi connectivity index (χ0n) is 22.4. The molecule has 2 atom stereocenters. The fourth-order valence-electron chi connectivity index (χ4n) is 5.99. The van der Waals surface area contributed by atoms with Gasteiger partial charge < -0.3 is 14.4 Å². The quantitative estimate of drug-likeness (QED) is 0.331. The first-order valence-corrected chi connectivity index (χ1v) is 14.0. The number of hydrogen-bond acceptors (Lipinski definition) is 3. The fourth-order valence-corrected chi connectivity index (χ4v) is 6.12. The molecule has 0 radical (unpaired) electrons. The summed E-state index contributed by atoms with van der Waals surface area (Å²) in [5.74, 6) is 0.201. The van der Waals surface area contributed by atoms with Crippen LogP contribution in [0.15, 0.2) is 79.0 Å². The molecule has 4 aromatic rings. The van der Waals surface area contributed by atoms with Crippen molar-refractivity contribution in [3.63, 3.8) is 0 Å². The van der Waals surface area contributed by atoms with Gasteiger partial charge in [-0.05, 0) is 48.7 Å². The predicted octanol–water partition coefficient (Wildman–Crippen LogP) is 5.59. The lowest BCUT2D eigenvalue weighted by Crippen LogP contribution is -2.55. The average Bonchev–Trinajstić information content (AvgIpc) is 3.58. The normalized spacial score (nSPS) is 17.3. The Bertz CT molecular complexity index is 1500. The highest BCUT2D eigenvalue weighted by atomic mass is 35.5. The van der Waals surface area contributed by atoms with Crippen LogP contribution in [0.4, 0.5) is 0 Å². The molecule has 1 saturated heterocycles. The van der Waals surface area contributed by atoms with Gasteiger partial charge in [-0.1, -0.05) is 66.2 Å². The van der Waals surface area contributed by atoms with Crippen molar-refractivity contribution in [2.24, 2.45) is 0 Å². The maximum atomic E-state index is 13.8. The van der Waals surface area contributed by atoms with Gasteiger partial charge in [0, 0.05) is 61.4 Å². The van der Waals surface area contributed by atoms with E-state index in [0.29, 0.717) is 44.3 Å². The summed E-state index contributed by atoms with van der Waals surface area (Å²) in [6.07, 6.45) is 2.00. The maximum absolute atomic E-state index is 13.8. The highest BCUT2D eigenvalue weighted by molar-refractivity contribution is 6.30. The van der Waals surface area contributed by atoms with Crippen molar-refractivity contribution >= 4 is 34.3 Å². The first-order chi connectivity index (χ1) is 18.9. The molecular formula is C32H33ClN4O2. The lowest BCUT2D eigenvalue weighted by atomic mass is 10.1. The monoisotopic (exact) mass is 540 g/mol. The van der Waals surface area contributed by atoms with E-state index < -0.39 is 0 Å². The molecule has 0 N–H and O–H groups in total. The van der Waals surface area contributed by atoms with Gasteiger partial charge in [0.1, 0.15) is 0 Å². The van der Waals surface area contributed by atoms with Gasteiger partial charge in [-0.3, -0.25) is 14.5 Å². The van der Waals surface area contributed by atoms with Gasteiger partial charge in [0.2, 0.25) is 5.91 Å². The molecule has 2 unspecified atom stereocenters. The molecule has 6 rings (SSSR count). The molecule has 0 spiro atoms. The SMILES string of the molecule is CC(C(=O)N1Cc2ccccc2C1)N1CCN(C(=O)c2cn(C(C)c3ccc(Cl)cc3)c3ccccc23)CC1. The van der Waals surface area contributed by atoms with Crippen LogP contribution in [0.2, 0.25) is 5.02 Å². The van der Waals surface area contributed by atoms with E-state index in [9.17, 15) is 9.59 Å². The molecule has 200 valence electrons. The first-order valence-electron chi connectivity index (χ1n) is 13.6. The van der Waals surface area contributed by atoms with Crippen LogP contribution >= 0.6 is 11.6 Å². The van der Waals surface area contributed by atoms with Crippen molar-refractivity contribution in [2.45, 2.75) is 39.0 Å². The second-order valence-electron chi connectivity index (χ2n) is 10.7. The number of rotatable bonds is 5. The number of nitrogens with zero attached hydrogens (tertiary/aromatic N) is 4. The van der Waals surface area contributed by atoms with E-state index in [2.05, 4.69) is 34.6 Å². The van der Waals surface area contributed by atoms with Crippen molar-refractivity contribution in [3.8, 4) is 0 Å². The third-order valence-electron chi connectivity index (χ3n) is 8.40. The first kappa shape index (κ1) is 25.7. The molecule has 7 heteroatoms. The molecular weight excluding hydrogens is 508 g/mol. The lowest BCUT2D eigenvalue weighted by Gasteiger charge is -2.38. The van der Waals surface area contributed by atoms with Crippen molar-refractivity contribution < 1.29 is 9.59 Å². The van der Waals surface area contributed by atoms with E-state index in [1.54, 1.807) is 0 Å². The van der Waals surface area contributed by atoms with Gasteiger partial charge in [0.15, 0.2) is 0 Å². The molecule has 3 aromatic carbocycles. The average molecular weight is 541 g/mol. The smallest absolute Gasteiger partial charge is 0.256 e. The van der Waals surface area contributed by atoms with Crippen LogP contribution in [-0.2, 0) is 17.9 Å². The van der Waals surface area contributed by atoms with Crippen molar-refractivity contribution in [2.75, 3.05) is 26.2 Å². The third-order valence-corrected chi connectivity index (χ3v) is 8.65. The Labute approximate surface area is 234 Å². The largest absolute Gasteiger partial charge is 0.339 e. The number of hydrogen-bond donors (Lipinski definition) is 0. The van der Waals surface area contributed by atoms with Gasteiger partial charge in [0.05, 0.1) is 17.6 Å². The Hall–Kier alpha value is -3.61. The molecule has 39 heavy (non-hydrogen) atoms. The summed E-state index contributed by atoms with van der Waals surface area (Å²) in [5, 5.41) is 1.67. The van der Waals surface area contributed by atoms with Gasteiger partial charge in [-0.25, -0.2) is 0 Å². The maximum Gasteiger partial charge on any atom is 0.256 e. The lowest BCUT2D eigenvalue weighted by molar-refractivity contribution is -0.137. The van der Waals surface area contributed by atoms with Crippen LogP contribution in [0, 0.1) is 0 Å². The van der Waals surface area contributed by atoms with Crippen LogP contribution < -0.4 is 0 Å². The summed E-state index contributed by atoms with van der Waals surface area (Å²) in [7, 11) is 0. The molecule has 0 bridgehead atoms. The highest BCUT2D eigenvalue weighted by Gasteiger charge is 2.33. The Morgan fingerprint density at radius 1 is 0.769 bits per heavy atom. The number of para-hydroxylation sites is 1. The zero-order chi connectivity index (χ0) is 27.1. The number of amides is 2. The summed E-state index contributed by atoms with van der Waals surface area (Å²) in [4.78, 5) is 33.2. The Balaban J connectivity index is 1.14. The Morgan fingerprint density at radius 2 is 1.38 bits per heavy atom. The zero-order valence-corrected chi connectivity index (χ0v) is 23.1. The number of benzene rings is 3. The minimum absolute atomic E-state index is 0.0434. The van der Waals surface area contributed by atoms with Gasteiger partial charge in [-0.15, -0.1) is 0 Å². The molecule has 1 aromatic heterocycles. The van der Waals surface area contributed by atoms with Crippen LogP contribution in [0.5, 0.6) is 0 Å². The highest BCUT2D eigenvalue weighted by Crippen LogP contribution is 2.30. The second kappa shape index (κ2) is 10.5. The number of carbonyl (C=O) groups excluding carboxylic acids is 2. The summed E-state index contributed by atoms with van der Waals surface area (Å²) < 4.78 is 2.18. The Kier molecular flexibility index (Phi) is 6.92. The Morgan fingerprint density at radius 3 is 2.05 bits per heavy atom. The minimum atomic E-state index is -0.210. The molecule has 3 heterocycles. The van der Waals surface area contributed by atoms with E-state index in [4.69, 9.17) is 11.6 Å². The third kappa shape index (κ3) is 4.83. The summed E-state index contributed by atoms with van der Waals surface area (Å²) in [6, 6.07) is 24.1. The molecule has 2 amide bonds. The van der Waals surface area contributed by atoms with E-state index in [0.717, 1.165) is 22.0 Å². The topological polar surface area (TPSA) is 48.8 Å². The standard InChI is InChI=1S/C32H33ClN4O2/c1-22(24-11-13-27(33)14-12-24)37-21-29(28-9-5-6-10-30(28)37)32(39)35-17-15-34(16-18-35)23(2)31(38)36-19-25-7-3-4-8-26(25)20-36/h3-14,21-23H,15-20H2,1-2H3. The van der Waals surface area contributed by atoms with Gasteiger partial charge in [0.25, 0.3) is 5.91 Å². The summed E-state index contributed by atoms with van der Waals surface area (Å²) in [6.45, 7) is 8.05. The molecule has 0 aliphatic carbocycles. The molecule has 0 saturated carbocycles. The fraction of sp³-hybridized carbons (Fsp3) is 0.312.